The van der Waals surface area contributed by atoms with Crippen molar-refractivity contribution in [1.29, 1.82) is 0 Å². The van der Waals surface area contributed by atoms with Gasteiger partial charge in [-0.2, -0.15) is 0 Å². The molecule has 2 aromatic carbocycles. The number of phenols is 1. The summed E-state index contributed by atoms with van der Waals surface area (Å²) in [5.74, 6) is 1.01. The van der Waals surface area contributed by atoms with Crippen molar-refractivity contribution in [2.75, 3.05) is 0 Å². The molecule has 0 spiro atoms. The molecule has 0 amide bonds. The van der Waals surface area contributed by atoms with E-state index in [4.69, 9.17) is 0 Å². The molecule has 0 fully saturated rings. The van der Waals surface area contributed by atoms with Crippen LogP contribution in [0.2, 0.25) is 0 Å². The predicted octanol–water partition coefficient (Wildman–Crippen LogP) is 4.01. The van der Waals surface area contributed by atoms with Gasteiger partial charge in [-0.1, -0.05) is 28.1 Å². The van der Waals surface area contributed by atoms with E-state index in [0.717, 1.165) is 32.5 Å². The van der Waals surface area contributed by atoms with E-state index < -0.39 is 0 Å². The standard InChI is InChI=1S/C14H11BrN2O/c1-8-5-10(15)7-12-13(8)17-14(16-12)9-3-2-4-11(18)6-9/h2-7,18H,1H3,(H,16,17). The van der Waals surface area contributed by atoms with E-state index in [-0.39, 0.29) is 5.75 Å². The summed E-state index contributed by atoms with van der Waals surface area (Å²) >= 11 is 3.47. The van der Waals surface area contributed by atoms with E-state index in [1.807, 2.05) is 25.1 Å². The number of nitrogens with zero attached hydrogens (tertiary/aromatic N) is 1. The van der Waals surface area contributed by atoms with Crippen molar-refractivity contribution in [3.63, 3.8) is 0 Å². The molecule has 0 saturated heterocycles. The Morgan fingerprint density at radius 3 is 2.83 bits per heavy atom. The summed E-state index contributed by atoms with van der Waals surface area (Å²) in [5.41, 5.74) is 3.93. The first-order valence-corrected chi connectivity index (χ1v) is 6.38. The summed E-state index contributed by atoms with van der Waals surface area (Å²) in [6.07, 6.45) is 0. The van der Waals surface area contributed by atoms with Gasteiger partial charge in [-0.15, -0.1) is 0 Å². The highest BCUT2D eigenvalue weighted by Crippen LogP contribution is 2.27. The van der Waals surface area contributed by atoms with Crippen LogP contribution >= 0.6 is 15.9 Å². The number of rotatable bonds is 1. The van der Waals surface area contributed by atoms with Crippen molar-refractivity contribution < 1.29 is 5.11 Å². The van der Waals surface area contributed by atoms with Crippen molar-refractivity contribution in [2.24, 2.45) is 0 Å². The molecule has 0 radical (unpaired) electrons. The maximum Gasteiger partial charge on any atom is 0.138 e. The molecular formula is C14H11BrN2O. The molecule has 0 aliphatic heterocycles. The highest BCUT2D eigenvalue weighted by atomic mass is 79.9. The Hall–Kier alpha value is -1.81. The molecule has 90 valence electrons. The number of benzene rings is 2. The minimum absolute atomic E-state index is 0.242. The number of aromatic nitrogens is 2. The second-order valence-electron chi connectivity index (χ2n) is 4.25. The Morgan fingerprint density at radius 2 is 2.06 bits per heavy atom. The van der Waals surface area contributed by atoms with Crippen molar-refractivity contribution in [2.45, 2.75) is 6.92 Å². The summed E-state index contributed by atoms with van der Waals surface area (Å²) in [7, 11) is 0. The van der Waals surface area contributed by atoms with Crippen LogP contribution < -0.4 is 0 Å². The van der Waals surface area contributed by atoms with Gasteiger partial charge in [0.05, 0.1) is 11.0 Å². The average molecular weight is 303 g/mol. The Kier molecular flexibility index (Phi) is 2.59. The second-order valence-corrected chi connectivity index (χ2v) is 5.17. The molecule has 0 aliphatic rings. The van der Waals surface area contributed by atoms with Crippen LogP contribution in [0.3, 0.4) is 0 Å². The molecule has 3 nitrogen and oxygen atoms in total. The lowest BCUT2D eigenvalue weighted by atomic mass is 10.2. The lowest BCUT2D eigenvalue weighted by Gasteiger charge is -1.96. The first-order valence-electron chi connectivity index (χ1n) is 5.59. The van der Waals surface area contributed by atoms with Gasteiger partial charge in [0.2, 0.25) is 0 Å². The van der Waals surface area contributed by atoms with Gasteiger partial charge in [-0.3, -0.25) is 0 Å². The van der Waals surface area contributed by atoms with E-state index in [1.54, 1.807) is 18.2 Å². The van der Waals surface area contributed by atoms with Gasteiger partial charge in [-0.25, -0.2) is 4.98 Å². The van der Waals surface area contributed by atoms with Gasteiger partial charge in [0.25, 0.3) is 0 Å². The number of phenolic OH excluding ortho intramolecular Hbond substituents is 1. The number of aryl methyl sites for hydroxylation is 1. The maximum absolute atomic E-state index is 9.50. The summed E-state index contributed by atoms with van der Waals surface area (Å²) < 4.78 is 1.03. The predicted molar refractivity (Wildman–Crippen MR) is 75.6 cm³/mol. The number of H-pyrrole nitrogens is 1. The van der Waals surface area contributed by atoms with Crippen LogP contribution in [0, 0.1) is 6.92 Å². The second kappa shape index (κ2) is 4.14. The third kappa shape index (κ3) is 1.88. The number of hydrogen-bond donors (Lipinski definition) is 2. The van der Waals surface area contributed by atoms with Crippen LogP contribution in [0.4, 0.5) is 0 Å². The number of aromatic amines is 1. The molecule has 18 heavy (non-hydrogen) atoms. The van der Waals surface area contributed by atoms with Gasteiger partial charge < -0.3 is 10.1 Å². The summed E-state index contributed by atoms with van der Waals surface area (Å²) in [6.45, 7) is 2.03. The van der Waals surface area contributed by atoms with E-state index in [9.17, 15) is 5.11 Å². The van der Waals surface area contributed by atoms with E-state index in [0.29, 0.717) is 0 Å². The lowest BCUT2D eigenvalue weighted by molar-refractivity contribution is 0.475. The van der Waals surface area contributed by atoms with Crippen LogP contribution in [0.5, 0.6) is 5.75 Å². The third-order valence-corrected chi connectivity index (χ3v) is 3.32. The topological polar surface area (TPSA) is 48.9 Å². The summed E-state index contributed by atoms with van der Waals surface area (Å²) in [5, 5.41) is 9.50. The van der Waals surface area contributed by atoms with Crippen molar-refractivity contribution >= 4 is 27.0 Å². The van der Waals surface area contributed by atoms with Crippen LogP contribution in [0.15, 0.2) is 40.9 Å². The zero-order chi connectivity index (χ0) is 12.7. The minimum atomic E-state index is 0.242. The van der Waals surface area contributed by atoms with Crippen molar-refractivity contribution in [1.82, 2.24) is 9.97 Å². The van der Waals surface area contributed by atoms with Crippen LogP contribution in [0.1, 0.15) is 5.56 Å². The first kappa shape index (κ1) is 11.3. The smallest absolute Gasteiger partial charge is 0.138 e. The van der Waals surface area contributed by atoms with Crippen LogP contribution in [-0.4, -0.2) is 15.1 Å². The Labute approximate surface area is 113 Å². The molecule has 3 rings (SSSR count). The minimum Gasteiger partial charge on any atom is -0.508 e. The fourth-order valence-corrected chi connectivity index (χ4v) is 2.61. The normalized spacial score (nSPS) is 11.0. The van der Waals surface area contributed by atoms with Crippen LogP contribution in [-0.2, 0) is 0 Å². The molecule has 0 unspecified atom stereocenters. The Balaban J connectivity index is 2.22. The molecule has 0 atom stereocenters. The monoisotopic (exact) mass is 302 g/mol. The van der Waals surface area contributed by atoms with Gasteiger partial charge in [0, 0.05) is 10.0 Å². The largest absolute Gasteiger partial charge is 0.508 e. The number of fused-ring (bicyclic) bond motifs is 1. The van der Waals surface area contributed by atoms with E-state index >= 15 is 0 Å². The highest BCUT2D eigenvalue weighted by molar-refractivity contribution is 9.10. The molecule has 3 aromatic rings. The van der Waals surface area contributed by atoms with E-state index in [2.05, 4.69) is 25.9 Å². The summed E-state index contributed by atoms with van der Waals surface area (Å²) in [4.78, 5) is 7.85. The first-order chi connectivity index (χ1) is 8.63. The van der Waals surface area contributed by atoms with Gasteiger partial charge in [0.15, 0.2) is 0 Å². The van der Waals surface area contributed by atoms with Gasteiger partial charge in [0.1, 0.15) is 11.6 Å². The number of hydrogen-bond acceptors (Lipinski definition) is 2. The zero-order valence-corrected chi connectivity index (χ0v) is 11.3. The van der Waals surface area contributed by atoms with Gasteiger partial charge >= 0.3 is 0 Å². The van der Waals surface area contributed by atoms with Crippen molar-refractivity contribution in [3.8, 4) is 17.1 Å². The fraction of sp³-hybridized carbons (Fsp3) is 0.0714. The number of nitrogens with one attached hydrogen (secondary N) is 1. The zero-order valence-electron chi connectivity index (χ0n) is 9.74. The fourth-order valence-electron chi connectivity index (χ4n) is 2.04. The molecule has 0 bridgehead atoms. The Bertz CT molecular complexity index is 734. The Morgan fingerprint density at radius 1 is 1.22 bits per heavy atom. The molecule has 2 N–H and O–H groups in total. The van der Waals surface area contributed by atoms with Gasteiger partial charge in [-0.05, 0) is 36.8 Å². The average Bonchev–Trinajstić information content (AvgIpc) is 2.73. The highest BCUT2D eigenvalue weighted by Gasteiger charge is 2.08. The number of imidazole rings is 1. The maximum atomic E-state index is 9.50. The number of aromatic hydroxyl groups is 1. The molecule has 0 saturated carbocycles. The SMILES string of the molecule is Cc1cc(Br)cc2[nH]c(-c3cccc(O)c3)nc12. The molecule has 0 aliphatic carbocycles. The van der Waals surface area contributed by atoms with Crippen LogP contribution in [0.25, 0.3) is 22.4 Å². The lowest BCUT2D eigenvalue weighted by Crippen LogP contribution is -1.79. The quantitative estimate of drug-likeness (QED) is 0.713. The molecule has 4 heteroatoms. The third-order valence-electron chi connectivity index (χ3n) is 2.86. The number of halogens is 1. The molecule has 1 aromatic heterocycles. The van der Waals surface area contributed by atoms with E-state index in [1.165, 1.54) is 0 Å². The molecule has 1 heterocycles. The summed E-state index contributed by atoms with van der Waals surface area (Å²) in [6, 6.07) is 11.1. The molecular weight excluding hydrogens is 292 g/mol. The van der Waals surface area contributed by atoms with Crippen molar-refractivity contribution in [3.05, 3.63) is 46.4 Å².